The van der Waals surface area contributed by atoms with Gasteiger partial charge in [-0.25, -0.2) is 0 Å². The fourth-order valence-electron chi connectivity index (χ4n) is 6.82. The van der Waals surface area contributed by atoms with E-state index >= 15 is 0 Å². The van der Waals surface area contributed by atoms with E-state index in [-0.39, 0.29) is 0 Å². The lowest BCUT2D eigenvalue weighted by Crippen LogP contribution is -1.91. The van der Waals surface area contributed by atoms with Gasteiger partial charge in [-0.15, -0.1) is 0 Å². The molecule has 0 fully saturated rings. The lowest BCUT2D eigenvalue weighted by Gasteiger charge is -2.19. The molecule has 0 heterocycles. The molecule has 0 unspecified atom stereocenters. The first-order chi connectivity index (χ1) is 17.9. The Morgan fingerprint density at radius 1 is 0.222 bits per heavy atom. The van der Waals surface area contributed by atoms with E-state index in [4.69, 9.17) is 0 Å². The fraction of sp³-hybridized carbons (Fsp3) is 0. The van der Waals surface area contributed by atoms with Crippen LogP contribution in [0, 0.1) is 0 Å². The molecule has 0 aliphatic rings. The highest BCUT2D eigenvalue weighted by Gasteiger charge is 2.18. The predicted octanol–water partition coefficient (Wildman–Crippen LogP) is 10.3. The van der Waals surface area contributed by atoms with Crippen molar-refractivity contribution in [2.24, 2.45) is 0 Å². The van der Waals surface area contributed by atoms with Crippen LogP contribution in [0.4, 0.5) is 0 Å². The van der Waals surface area contributed by atoms with E-state index in [0.29, 0.717) is 0 Å². The van der Waals surface area contributed by atoms with Crippen molar-refractivity contribution in [3.8, 4) is 0 Å². The third kappa shape index (κ3) is 2.20. The van der Waals surface area contributed by atoms with Crippen LogP contribution < -0.4 is 0 Å². The van der Waals surface area contributed by atoms with Gasteiger partial charge in [0.1, 0.15) is 0 Å². The quantitative estimate of drug-likeness (QED) is 0.159. The Hall–Kier alpha value is -4.68. The second-order valence-electron chi connectivity index (χ2n) is 10.1. The first-order valence-corrected chi connectivity index (χ1v) is 12.6. The van der Waals surface area contributed by atoms with Crippen molar-refractivity contribution in [3.63, 3.8) is 0 Å². The monoisotopic (exact) mass is 452 g/mol. The van der Waals surface area contributed by atoms with E-state index in [1.807, 2.05) is 0 Å². The van der Waals surface area contributed by atoms with Gasteiger partial charge in [-0.2, -0.15) is 0 Å². The van der Waals surface area contributed by atoms with E-state index in [1.54, 1.807) is 0 Å². The zero-order valence-corrected chi connectivity index (χ0v) is 19.5. The maximum absolute atomic E-state index is 2.46. The van der Waals surface area contributed by atoms with Crippen LogP contribution in [-0.2, 0) is 0 Å². The van der Waals surface area contributed by atoms with Gasteiger partial charge in [0.25, 0.3) is 0 Å². The molecular formula is C36H20. The van der Waals surface area contributed by atoms with Gasteiger partial charge < -0.3 is 0 Å². The molecule has 0 bridgehead atoms. The van der Waals surface area contributed by atoms with Crippen molar-refractivity contribution in [1.82, 2.24) is 0 Å². The third-order valence-corrected chi connectivity index (χ3v) is 8.33. The van der Waals surface area contributed by atoms with Gasteiger partial charge in [0.05, 0.1) is 0 Å². The molecule has 164 valence electrons. The number of benzene rings is 9. The Labute approximate surface area is 207 Å². The van der Waals surface area contributed by atoms with Gasteiger partial charge in [-0.05, 0) is 98.3 Å². The summed E-state index contributed by atoms with van der Waals surface area (Å²) in [5.74, 6) is 0. The molecule has 0 amide bonds. The fourth-order valence-corrected chi connectivity index (χ4v) is 6.82. The maximum Gasteiger partial charge on any atom is -0.00134 e. The Bertz CT molecular complexity index is 2350. The Balaban J connectivity index is 1.71. The second kappa shape index (κ2) is 6.50. The van der Waals surface area contributed by atoms with Crippen molar-refractivity contribution in [2.75, 3.05) is 0 Å². The lowest BCUT2D eigenvalue weighted by molar-refractivity contribution is 1.79. The summed E-state index contributed by atoms with van der Waals surface area (Å²) in [6.07, 6.45) is 0. The minimum absolute atomic E-state index is 1.29. The molecule has 36 heavy (non-hydrogen) atoms. The molecule has 0 spiro atoms. The average molecular weight is 453 g/mol. The van der Waals surface area contributed by atoms with Crippen molar-refractivity contribution in [2.45, 2.75) is 0 Å². The summed E-state index contributed by atoms with van der Waals surface area (Å²) >= 11 is 0. The van der Waals surface area contributed by atoms with Gasteiger partial charge in [0.2, 0.25) is 0 Å². The summed E-state index contributed by atoms with van der Waals surface area (Å²) in [4.78, 5) is 0. The number of rotatable bonds is 0. The first kappa shape index (κ1) is 18.6. The molecule has 9 aromatic carbocycles. The minimum Gasteiger partial charge on any atom is -0.0616 e. The Morgan fingerprint density at radius 3 is 1.42 bits per heavy atom. The summed E-state index contributed by atoms with van der Waals surface area (Å²) in [6.45, 7) is 0. The molecule has 0 N–H and O–H groups in total. The SMILES string of the molecule is c1ccc2c(c1)ccc1c2cc2c3cccc4cccc(c43)c3c4ccc5ccccc5c4cc1c23. The standard InChI is InChI=1S/C36H20/c1-3-11-24-21(7-1)15-17-26-30(24)19-33-27-13-5-9-23-10-6-14-29(34(23)27)35-28-18-16-22-8-2-4-12-25(22)31(28)20-32(26)36(33)35/h1-20H. The highest BCUT2D eigenvalue weighted by Crippen LogP contribution is 2.47. The molecule has 9 aromatic rings. The van der Waals surface area contributed by atoms with Crippen molar-refractivity contribution >= 4 is 86.2 Å². The highest BCUT2D eigenvalue weighted by atomic mass is 14.2. The van der Waals surface area contributed by atoms with Gasteiger partial charge in [0, 0.05) is 0 Å². The highest BCUT2D eigenvalue weighted by molar-refractivity contribution is 6.42. The summed E-state index contributed by atoms with van der Waals surface area (Å²) in [5, 5.41) is 21.4. The van der Waals surface area contributed by atoms with E-state index in [9.17, 15) is 0 Å². The van der Waals surface area contributed by atoms with Crippen LogP contribution in [0.5, 0.6) is 0 Å². The molecule has 0 atom stereocenters. The normalized spacial score (nSPS) is 12.4. The van der Waals surface area contributed by atoms with Crippen LogP contribution in [0.2, 0.25) is 0 Å². The smallest absolute Gasteiger partial charge is 0.00134 e. The molecule has 0 aliphatic carbocycles. The lowest BCUT2D eigenvalue weighted by atomic mass is 9.84. The zero-order valence-electron chi connectivity index (χ0n) is 19.5. The topological polar surface area (TPSA) is 0 Å². The molecule has 0 aliphatic heterocycles. The Kier molecular flexibility index (Phi) is 3.36. The van der Waals surface area contributed by atoms with Crippen molar-refractivity contribution < 1.29 is 0 Å². The van der Waals surface area contributed by atoms with E-state index < -0.39 is 0 Å². The van der Waals surface area contributed by atoms with Gasteiger partial charge in [0.15, 0.2) is 0 Å². The van der Waals surface area contributed by atoms with Gasteiger partial charge >= 0.3 is 0 Å². The molecule has 0 aromatic heterocycles. The van der Waals surface area contributed by atoms with Crippen LogP contribution in [-0.4, -0.2) is 0 Å². The Morgan fingerprint density at radius 2 is 0.694 bits per heavy atom. The largest absolute Gasteiger partial charge is 0.0616 e. The first-order valence-electron chi connectivity index (χ1n) is 12.6. The van der Waals surface area contributed by atoms with E-state index in [0.717, 1.165) is 0 Å². The molecule has 0 heteroatoms. The van der Waals surface area contributed by atoms with Crippen molar-refractivity contribution in [3.05, 3.63) is 121 Å². The van der Waals surface area contributed by atoms with E-state index in [2.05, 4.69) is 121 Å². The summed E-state index contributed by atoms with van der Waals surface area (Å²) < 4.78 is 0. The van der Waals surface area contributed by atoms with Crippen LogP contribution in [0.1, 0.15) is 0 Å². The van der Waals surface area contributed by atoms with Gasteiger partial charge in [-0.3, -0.25) is 0 Å². The van der Waals surface area contributed by atoms with Crippen LogP contribution >= 0.6 is 0 Å². The molecular weight excluding hydrogens is 432 g/mol. The number of hydrogen-bond acceptors (Lipinski definition) is 0. The van der Waals surface area contributed by atoms with Gasteiger partial charge in [-0.1, -0.05) is 109 Å². The summed E-state index contributed by atoms with van der Waals surface area (Å²) in [5.41, 5.74) is 0. The minimum atomic E-state index is 1.29. The van der Waals surface area contributed by atoms with Crippen LogP contribution in [0.3, 0.4) is 0 Å². The summed E-state index contributed by atoms with van der Waals surface area (Å²) in [7, 11) is 0. The van der Waals surface area contributed by atoms with Crippen LogP contribution in [0.15, 0.2) is 121 Å². The second-order valence-corrected chi connectivity index (χ2v) is 10.1. The molecule has 0 saturated heterocycles. The molecule has 0 radical (unpaired) electrons. The number of fused-ring (bicyclic) bond motifs is 10. The molecule has 0 saturated carbocycles. The third-order valence-electron chi connectivity index (χ3n) is 8.33. The zero-order chi connectivity index (χ0) is 23.4. The molecule has 9 rings (SSSR count). The maximum atomic E-state index is 2.46. The van der Waals surface area contributed by atoms with Crippen LogP contribution in [0.25, 0.3) is 86.2 Å². The summed E-state index contributed by atoms with van der Waals surface area (Å²) in [6, 6.07) is 45.3. The molecule has 0 nitrogen and oxygen atoms in total. The van der Waals surface area contributed by atoms with Crippen molar-refractivity contribution in [1.29, 1.82) is 0 Å². The predicted molar refractivity (Wildman–Crippen MR) is 158 cm³/mol. The van der Waals surface area contributed by atoms with E-state index in [1.165, 1.54) is 86.2 Å². The number of hydrogen-bond donors (Lipinski definition) is 0. The average Bonchev–Trinajstić information content (AvgIpc) is 2.94.